The molecule has 0 aliphatic carbocycles. The molecule has 8 nitrogen and oxygen atoms in total. The van der Waals surface area contributed by atoms with E-state index in [-0.39, 0.29) is 18.2 Å². The van der Waals surface area contributed by atoms with E-state index in [9.17, 15) is 18.4 Å². The van der Waals surface area contributed by atoms with Crippen molar-refractivity contribution in [3.63, 3.8) is 0 Å². The quantitative estimate of drug-likeness (QED) is 0.632. The Bertz CT molecular complexity index is 1030. The first kappa shape index (κ1) is 25.6. The van der Waals surface area contributed by atoms with E-state index in [1.165, 1.54) is 0 Å². The Balaban J connectivity index is 1.75. The van der Waals surface area contributed by atoms with E-state index in [1.54, 1.807) is 17.7 Å². The summed E-state index contributed by atoms with van der Waals surface area (Å²) in [6.07, 6.45) is -0.894. The van der Waals surface area contributed by atoms with E-state index < -0.39 is 47.3 Å². The first-order chi connectivity index (χ1) is 15.8. The van der Waals surface area contributed by atoms with Gasteiger partial charge in [-0.05, 0) is 59.2 Å². The fourth-order valence-corrected chi connectivity index (χ4v) is 3.68. The molecule has 3 rings (SSSR count). The molecular formula is C24H32F2N4O4. The molecule has 34 heavy (non-hydrogen) atoms. The lowest BCUT2D eigenvalue weighted by Crippen LogP contribution is -2.33. The van der Waals surface area contributed by atoms with Crippen molar-refractivity contribution in [1.82, 2.24) is 15.1 Å². The second-order valence-corrected chi connectivity index (χ2v) is 9.83. The van der Waals surface area contributed by atoms with E-state index in [0.717, 1.165) is 18.2 Å². The highest BCUT2D eigenvalue weighted by molar-refractivity contribution is 5.95. The van der Waals surface area contributed by atoms with Crippen LogP contribution in [-0.2, 0) is 19.8 Å². The van der Waals surface area contributed by atoms with Crippen molar-refractivity contribution in [2.24, 2.45) is 0 Å². The zero-order valence-corrected chi connectivity index (χ0v) is 20.3. The normalized spacial score (nSPS) is 19.2. The minimum Gasteiger partial charge on any atom is -0.444 e. The third-order valence-electron chi connectivity index (χ3n) is 5.36. The van der Waals surface area contributed by atoms with Gasteiger partial charge in [0.2, 0.25) is 5.91 Å². The molecule has 1 aliphatic heterocycles. The highest BCUT2D eigenvalue weighted by Crippen LogP contribution is 2.33. The van der Waals surface area contributed by atoms with Gasteiger partial charge in [0.1, 0.15) is 29.7 Å². The smallest absolute Gasteiger partial charge is 0.407 e. The lowest BCUT2D eigenvalue weighted by molar-refractivity contribution is -0.117. The predicted octanol–water partition coefficient (Wildman–Crippen LogP) is 4.62. The second kappa shape index (κ2) is 10.1. The Morgan fingerprint density at radius 1 is 1.15 bits per heavy atom. The number of nitrogens with zero attached hydrogens (tertiary/aromatic N) is 2. The molecule has 1 aromatic heterocycles. The predicted molar refractivity (Wildman–Crippen MR) is 122 cm³/mol. The van der Waals surface area contributed by atoms with Gasteiger partial charge in [0, 0.05) is 24.6 Å². The number of halogens is 2. The van der Waals surface area contributed by atoms with Crippen molar-refractivity contribution in [1.29, 1.82) is 0 Å². The zero-order valence-electron chi connectivity index (χ0n) is 20.3. The number of benzene rings is 1. The third kappa shape index (κ3) is 6.31. The van der Waals surface area contributed by atoms with Crippen molar-refractivity contribution >= 4 is 17.8 Å². The van der Waals surface area contributed by atoms with Gasteiger partial charge in [0.05, 0.1) is 23.8 Å². The van der Waals surface area contributed by atoms with Gasteiger partial charge in [-0.2, -0.15) is 5.10 Å². The van der Waals surface area contributed by atoms with Crippen LogP contribution in [0.2, 0.25) is 0 Å². The zero-order chi connectivity index (χ0) is 25.2. The van der Waals surface area contributed by atoms with Crippen LogP contribution in [-0.4, -0.2) is 40.5 Å². The minimum absolute atomic E-state index is 0.0365. The molecule has 2 heterocycles. The Hall–Kier alpha value is -3.01. The number of hydrogen-bond acceptors (Lipinski definition) is 5. The van der Waals surface area contributed by atoms with Crippen LogP contribution in [0.5, 0.6) is 0 Å². The fraction of sp³-hybridized carbons (Fsp3) is 0.542. The van der Waals surface area contributed by atoms with Crippen LogP contribution < -0.4 is 10.6 Å². The van der Waals surface area contributed by atoms with Gasteiger partial charge >= 0.3 is 6.09 Å². The minimum atomic E-state index is -0.794. The number of aromatic nitrogens is 2. The van der Waals surface area contributed by atoms with Crippen LogP contribution in [0, 0.1) is 11.6 Å². The molecule has 1 fully saturated rings. The standard InChI is InChI=1S/C24H32F2N4O4/c1-13(2)27-23(32)34-18-10-20(33-12-18)19-11-21(30(29-19)24(4,5)6)28-22(31)14(3)15-7-16(25)9-17(26)8-15/h7-9,11,13-14,18,20H,10,12H2,1-6H3,(H,27,32)(H,28,31)/t14?,18-,20-/m1/s1. The van der Waals surface area contributed by atoms with Crippen molar-refractivity contribution in [2.75, 3.05) is 11.9 Å². The number of rotatable bonds is 6. The van der Waals surface area contributed by atoms with Crippen molar-refractivity contribution in [3.8, 4) is 0 Å². The number of anilines is 1. The molecule has 0 radical (unpaired) electrons. The molecule has 1 unspecified atom stereocenters. The molecule has 0 bridgehead atoms. The van der Waals surface area contributed by atoms with Crippen LogP contribution in [0.25, 0.3) is 0 Å². The van der Waals surface area contributed by atoms with Crippen molar-refractivity contribution in [3.05, 3.63) is 47.2 Å². The fourth-order valence-electron chi connectivity index (χ4n) is 3.68. The van der Waals surface area contributed by atoms with Crippen LogP contribution in [0.3, 0.4) is 0 Å². The molecular weight excluding hydrogens is 446 g/mol. The maximum absolute atomic E-state index is 13.6. The number of carbonyl (C=O) groups excluding carboxylic acids is 2. The molecule has 1 aliphatic rings. The Morgan fingerprint density at radius 3 is 2.38 bits per heavy atom. The molecule has 10 heteroatoms. The molecule has 186 valence electrons. The van der Waals surface area contributed by atoms with Crippen LogP contribution in [0.15, 0.2) is 24.3 Å². The SMILES string of the molecule is CC(C)NC(=O)O[C@H]1CO[C@@H](c2cc(NC(=O)C(C)c3cc(F)cc(F)c3)n(C(C)(C)C)n2)C1. The molecule has 2 aromatic rings. The Labute approximate surface area is 198 Å². The van der Waals surface area contributed by atoms with E-state index in [2.05, 4.69) is 15.7 Å². The van der Waals surface area contributed by atoms with Crippen LogP contribution in [0.1, 0.15) is 71.2 Å². The van der Waals surface area contributed by atoms with Gasteiger partial charge in [-0.3, -0.25) is 4.79 Å². The van der Waals surface area contributed by atoms with Gasteiger partial charge in [-0.25, -0.2) is 18.3 Å². The molecule has 1 aromatic carbocycles. The lowest BCUT2D eigenvalue weighted by Gasteiger charge is -2.23. The Morgan fingerprint density at radius 2 is 1.79 bits per heavy atom. The summed E-state index contributed by atoms with van der Waals surface area (Å²) in [7, 11) is 0. The summed E-state index contributed by atoms with van der Waals surface area (Å²) in [5.41, 5.74) is 0.349. The maximum Gasteiger partial charge on any atom is 0.407 e. The summed E-state index contributed by atoms with van der Waals surface area (Å²) < 4.78 is 40.1. The second-order valence-electron chi connectivity index (χ2n) is 9.83. The number of nitrogens with one attached hydrogen (secondary N) is 2. The first-order valence-corrected chi connectivity index (χ1v) is 11.3. The lowest BCUT2D eigenvalue weighted by atomic mass is 10.00. The Kier molecular flexibility index (Phi) is 7.60. The van der Waals surface area contributed by atoms with Crippen molar-refractivity contribution in [2.45, 2.75) is 77.7 Å². The topological polar surface area (TPSA) is 94.5 Å². The van der Waals surface area contributed by atoms with E-state index >= 15 is 0 Å². The summed E-state index contributed by atoms with van der Waals surface area (Å²) in [5.74, 6) is -2.28. The maximum atomic E-state index is 13.6. The van der Waals surface area contributed by atoms with Gasteiger partial charge < -0.3 is 20.1 Å². The average molecular weight is 479 g/mol. The molecule has 0 saturated carbocycles. The summed E-state index contributed by atoms with van der Waals surface area (Å²) >= 11 is 0. The first-order valence-electron chi connectivity index (χ1n) is 11.3. The summed E-state index contributed by atoms with van der Waals surface area (Å²) in [5, 5.41) is 10.1. The average Bonchev–Trinajstić information content (AvgIpc) is 3.32. The van der Waals surface area contributed by atoms with Crippen LogP contribution in [0.4, 0.5) is 19.4 Å². The molecule has 2 amide bonds. The van der Waals surface area contributed by atoms with Crippen LogP contribution >= 0.6 is 0 Å². The van der Waals surface area contributed by atoms with E-state index in [4.69, 9.17) is 9.47 Å². The third-order valence-corrected chi connectivity index (χ3v) is 5.36. The number of ether oxygens (including phenoxy) is 2. The van der Waals surface area contributed by atoms with E-state index in [0.29, 0.717) is 17.9 Å². The monoisotopic (exact) mass is 478 g/mol. The number of hydrogen-bond donors (Lipinski definition) is 2. The van der Waals surface area contributed by atoms with Gasteiger partial charge in [0.15, 0.2) is 0 Å². The van der Waals surface area contributed by atoms with E-state index in [1.807, 2.05) is 34.6 Å². The number of carbonyl (C=O) groups is 2. The summed E-state index contributed by atoms with van der Waals surface area (Å²) in [6, 6.07) is 4.72. The summed E-state index contributed by atoms with van der Waals surface area (Å²) in [6.45, 7) is 11.3. The molecule has 1 saturated heterocycles. The van der Waals surface area contributed by atoms with Gasteiger partial charge in [-0.1, -0.05) is 0 Å². The molecule has 0 spiro atoms. The number of amides is 2. The highest BCUT2D eigenvalue weighted by atomic mass is 19.1. The summed E-state index contributed by atoms with van der Waals surface area (Å²) in [4.78, 5) is 24.8. The molecule has 2 N–H and O–H groups in total. The highest BCUT2D eigenvalue weighted by Gasteiger charge is 2.33. The molecule has 3 atom stereocenters. The number of alkyl carbamates (subject to hydrolysis) is 1. The van der Waals surface area contributed by atoms with Gasteiger partial charge in [0.25, 0.3) is 0 Å². The largest absolute Gasteiger partial charge is 0.444 e. The van der Waals surface area contributed by atoms with Crippen molar-refractivity contribution < 1.29 is 27.8 Å². The van der Waals surface area contributed by atoms with Gasteiger partial charge in [-0.15, -0.1) is 0 Å².